The number of nitrogens with zero attached hydrogens (tertiary/aromatic N) is 2. The van der Waals surface area contributed by atoms with E-state index in [0.29, 0.717) is 11.4 Å². The fourth-order valence-corrected chi connectivity index (χ4v) is 1.40. The Bertz CT molecular complexity index is 541. The van der Waals surface area contributed by atoms with E-state index in [1.165, 1.54) is 24.7 Å². The molecule has 1 aromatic carbocycles. The standard InChI is InChI=1S/C12H11N3O2/c1-8-6-9(16)2-3-10(8)15-12(17)11-4-5-13-7-14-11/h2-7,16H,1H3,(H,15,17). The number of aromatic hydroxyl groups is 1. The van der Waals surface area contributed by atoms with Gasteiger partial charge in [0, 0.05) is 11.9 Å². The maximum Gasteiger partial charge on any atom is 0.274 e. The quantitative estimate of drug-likeness (QED) is 0.769. The van der Waals surface area contributed by atoms with Gasteiger partial charge in [-0.15, -0.1) is 0 Å². The van der Waals surface area contributed by atoms with Crippen molar-refractivity contribution in [3.8, 4) is 5.75 Å². The number of benzene rings is 1. The molecule has 1 heterocycles. The minimum atomic E-state index is -0.304. The summed E-state index contributed by atoms with van der Waals surface area (Å²) in [5, 5.41) is 12.0. The zero-order valence-electron chi connectivity index (χ0n) is 9.21. The lowest BCUT2D eigenvalue weighted by molar-refractivity contribution is 0.102. The van der Waals surface area contributed by atoms with Crippen LogP contribution >= 0.6 is 0 Å². The van der Waals surface area contributed by atoms with E-state index < -0.39 is 0 Å². The van der Waals surface area contributed by atoms with Crippen LogP contribution in [0.15, 0.2) is 36.8 Å². The second-order valence-electron chi connectivity index (χ2n) is 3.55. The van der Waals surface area contributed by atoms with Gasteiger partial charge in [-0.05, 0) is 36.8 Å². The molecule has 5 nitrogen and oxygen atoms in total. The first-order chi connectivity index (χ1) is 8.16. The van der Waals surface area contributed by atoms with Crippen molar-refractivity contribution in [3.05, 3.63) is 48.0 Å². The predicted octanol–water partition coefficient (Wildman–Crippen LogP) is 1.74. The number of aromatic nitrogens is 2. The van der Waals surface area contributed by atoms with Gasteiger partial charge >= 0.3 is 0 Å². The number of carbonyl (C=O) groups excluding carboxylic acids is 1. The molecular formula is C12H11N3O2. The summed E-state index contributed by atoms with van der Waals surface area (Å²) in [6.45, 7) is 1.80. The molecule has 2 N–H and O–H groups in total. The van der Waals surface area contributed by atoms with Crippen molar-refractivity contribution in [2.45, 2.75) is 6.92 Å². The largest absolute Gasteiger partial charge is 0.508 e. The molecular weight excluding hydrogens is 218 g/mol. The van der Waals surface area contributed by atoms with Crippen LogP contribution < -0.4 is 5.32 Å². The Morgan fingerprint density at radius 2 is 2.18 bits per heavy atom. The number of hydrogen-bond acceptors (Lipinski definition) is 4. The second kappa shape index (κ2) is 4.61. The van der Waals surface area contributed by atoms with Gasteiger partial charge in [-0.3, -0.25) is 4.79 Å². The summed E-state index contributed by atoms with van der Waals surface area (Å²) in [4.78, 5) is 19.4. The van der Waals surface area contributed by atoms with Crippen LogP contribution in [0.3, 0.4) is 0 Å². The number of hydrogen-bond donors (Lipinski definition) is 2. The van der Waals surface area contributed by atoms with Crippen molar-refractivity contribution < 1.29 is 9.90 Å². The molecule has 0 atom stereocenters. The summed E-state index contributed by atoms with van der Waals surface area (Å²) >= 11 is 0. The van der Waals surface area contributed by atoms with Crippen molar-refractivity contribution in [3.63, 3.8) is 0 Å². The Morgan fingerprint density at radius 1 is 1.35 bits per heavy atom. The Balaban J connectivity index is 2.19. The SMILES string of the molecule is Cc1cc(O)ccc1NC(=O)c1ccncn1. The van der Waals surface area contributed by atoms with E-state index in [0.717, 1.165) is 5.56 Å². The van der Waals surface area contributed by atoms with E-state index in [1.807, 2.05) is 0 Å². The van der Waals surface area contributed by atoms with Crippen molar-refractivity contribution in [1.82, 2.24) is 9.97 Å². The van der Waals surface area contributed by atoms with Crippen LogP contribution in [-0.4, -0.2) is 21.0 Å². The van der Waals surface area contributed by atoms with Crippen molar-refractivity contribution >= 4 is 11.6 Å². The van der Waals surface area contributed by atoms with Crippen LogP contribution in [-0.2, 0) is 0 Å². The summed E-state index contributed by atoms with van der Waals surface area (Å²) < 4.78 is 0. The van der Waals surface area contributed by atoms with E-state index in [2.05, 4.69) is 15.3 Å². The molecule has 0 aliphatic carbocycles. The van der Waals surface area contributed by atoms with Crippen LogP contribution in [0.2, 0.25) is 0 Å². The van der Waals surface area contributed by atoms with Crippen LogP contribution in [0.4, 0.5) is 5.69 Å². The van der Waals surface area contributed by atoms with Crippen LogP contribution in [0.1, 0.15) is 16.1 Å². The molecule has 1 aromatic heterocycles. The third-order valence-corrected chi connectivity index (χ3v) is 2.27. The average molecular weight is 229 g/mol. The predicted molar refractivity (Wildman–Crippen MR) is 62.8 cm³/mol. The fourth-order valence-electron chi connectivity index (χ4n) is 1.40. The van der Waals surface area contributed by atoms with E-state index in [4.69, 9.17) is 0 Å². The fraction of sp³-hybridized carbons (Fsp3) is 0.0833. The van der Waals surface area contributed by atoms with E-state index >= 15 is 0 Å². The zero-order chi connectivity index (χ0) is 12.3. The van der Waals surface area contributed by atoms with E-state index in [9.17, 15) is 9.90 Å². The Morgan fingerprint density at radius 3 is 2.82 bits per heavy atom. The first-order valence-electron chi connectivity index (χ1n) is 5.04. The number of carbonyl (C=O) groups is 1. The van der Waals surface area contributed by atoms with E-state index in [1.54, 1.807) is 19.1 Å². The van der Waals surface area contributed by atoms with Gasteiger partial charge in [-0.2, -0.15) is 0 Å². The normalized spacial score (nSPS) is 9.94. The molecule has 2 rings (SSSR count). The van der Waals surface area contributed by atoms with Gasteiger partial charge in [0.2, 0.25) is 0 Å². The highest BCUT2D eigenvalue weighted by Gasteiger charge is 2.08. The van der Waals surface area contributed by atoms with Gasteiger partial charge in [0.05, 0.1) is 0 Å². The van der Waals surface area contributed by atoms with Gasteiger partial charge in [0.15, 0.2) is 0 Å². The lowest BCUT2D eigenvalue weighted by atomic mass is 10.2. The molecule has 17 heavy (non-hydrogen) atoms. The van der Waals surface area contributed by atoms with Crippen molar-refractivity contribution in [2.24, 2.45) is 0 Å². The molecule has 0 fully saturated rings. The van der Waals surface area contributed by atoms with Crippen LogP contribution in [0.5, 0.6) is 5.75 Å². The maximum atomic E-state index is 11.8. The van der Waals surface area contributed by atoms with Gasteiger partial charge in [-0.25, -0.2) is 9.97 Å². The number of anilines is 1. The molecule has 0 aliphatic heterocycles. The third-order valence-electron chi connectivity index (χ3n) is 2.27. The number of phenols is 1. The maximum absolute atomic E-state index is 11.8. The molecule has 0 saturated heterocycles. The first kappa shape index (κ1) is 11.1. The molecule has 0 unspecified atom stereocenters. The minimum Gasteiger partial charge on any atom is -0.508 e. The molecule has 5 heteroatoms. The van der Waals surface area contributed by atoms with E-state index in [-0.39, 0.29) is 11.7 Å². The smallest absolute Gasteiger partial charge is 0.274 e. The topological polar surface area (TPSA) is 75.1 Å². The first-order valence-corrected chi connectivity index (χ1v) is 5.04. The third kappa shape index (κ3) is 2.57. The van der Waals surface area contributed by atoms with Crippen molar-refractivity contribution in [2.75, 3.05) is 5.32 Å². The highest BCUT2D eigenvalue weighted by Crippen LogP contribution is 2.20. The molecule has 2 aromatic rings. The molecule has 0 radical (unpaired) electrons. The second-order valence-corrected chi connectivity index (χ2v) is 3.55. The van der Waals surface area contributed by atoms with Gasteiger partial charge in [-0.1, -0.05) is 0 Å². The number of amides is 1. The Hall–Kier alpha value is -2.43. The summed E-state index contributed by atoms with van der Waals surface area (Å²) in [5.41, 5.74) is 1.73. The Labute approximate surface area is 98.2 Å². The number of rotatable bonds is 2. The molecule has 0 bridgehead atoms. The molecule has 0 saturated carbocycles. The van der Waals surface area contributed by atoms with Gasteiger partial charge < -0.3 is 10.4 Å². The molecule has 0 aliphatic rings. The number of nitrogens with one attached hydrogen (secondary N) is 1. The molecule has 86 valence electrons. The monoisotopic (exact) mass is 229 g/mol. The lowest BCUT2D eigenvalue weighted by Crippen LogP contribution is -2.14. The van der Waals surface area contributed by atoms with Crippen LogP contribution in [0.25, 0.3) is 0 Å². The summed E-state index contributed by atoms with van der Waals surface area (Å²) in [5.74, 6) is -0.135. The lowest BCUT2D eigenvalue weighted by Gasteiger charge is -2.07. The zero-order valence-corrected chi connectivity index (χ0v) is 9.21. The molecule has 0 spiro atoms. The summed E-state index contributed by atoms with van der Waals surface area (Å²) in [6.07, 6.45) is 2.82. The van der Waals surface area contributed by atoms with Gasteiger partial charge in [0.25, 0.3) is 5.91 Å². The van der Waals surface area contributed by atoms with Crippen LogP contribution in [0, 0.1) is 6.92 Å². The average Bonchev–Trinajstić information content (AvgIpc) is 2.34. The van der Waals surface area contributed by atoms with Gasteiger partial charge in [0.1, 0.15) is 17.8 Å². The highest BCUT2D eigenvalue weighted by molar-refractivity contribution is 6.03. The molecule has 1 amide bonds. The number of aryl methyl sites for hydroxylation is 1. The number of phenolic OH excluding ortho intramolecular Hbond substituents is 1. The van der Waals surface area contributed by atoms with Crippen molar-refractivity contribution in [1.29, 1.82) is 0 Å². The summed E-state index contributed by atoms with van der Waals surface area (Å²) in [6, 6.07) is 6.27. The Kier molecular flexibility index (Phi) is 3.00. The summed E-state index contributed by atoms with van der Waals surface area (Å²) in [7, 11) is 0. The highest BCUT2D eigenvalue weighted by atomic mass is 16.3. The minimum absolute atomic E-state index is 0.169.